The highest BCUT2D eigenvalue weighted by Gasteiger charge is 2.11. The highest BCUT2D eigenvalue weighted by atomic mass is 32.1. The molecule has 0 spiro atoms. The average Bonchev–Trinajstić information content (AvgIpc) is 2.73. The van der Waals surface area contributed by atoms with Gasteiger partial charge in [0, 0.05) is 11.9 Å². The van der Waals surface area contributed by atoms with Gasteiger partial charge < -0.3 is 15.7 Å². The Kier molecular flexibility index (Phi) is 5.29. The number of nitrogens with one attached hydrogen (secondary N) is 2. The summed E-state index contributed by atoms with van der Waals surface area (Å²) in [6.45, 7) is 7.16. The van der Waals surface area contributed by atoms with E-state index >= 15 is 0 Å². The summed E-state index contributed by atoms with van der Waals surface area (Å²) in [5, 5.41) is 16.1. The minimum atomic E-state index is -1.06. The highest BCUT2D eigenvalue weighted by Crippen LogP contribution is 2.16. The summed E-state index contributed by atoms with van der Waals surface area (Å²) in [6.07, 6.45) is 0.890. The number of rotatable bonds is 5. The predicted octanol–water partition coefficient (Wildman–Crippen LogP) is 2.08. The van der Waals surface area contributed by atoms with Crippen LogP contribution in [0.4, 0.5) is 4.79 Å². The summed E-state index contributed by atoms with van der Waals surface area (Å²) >= 11 is 1.21. The van der Waals surface area contributed by atoms with Crippen molar-refractivity contribution in [1.29, 1.82) is 0 Å². The predicted molar refractivity (Wildman–Crippen MR) is 73.4 cm³/mol. The molecule has 1 aromatic heterocycles. The largest absolute Gasteiger partial charge is 0.476 e. The number of hydrogen-bond donors (Lipinski definition) is 3. The molecule has 0 atom stereocenters. The van der Waals surface area contributed by atoms with Gasteiger partial charge in [0.2, 0.25) is 0 Å². The SMILES string of the molecule is CC(C)(C)CCNC(=O)NCc1nc(C(=O)O)cs1. The van der Waals surface area contributed by atoms with E-state index in [2.05, 4.69) is 36.4 Å². The minimum absolute atomic E-state index is 0.00920. The van der Waals surface area contributed by atoms with Crippen LogP contribution in [0.3, 0.4) is 0 Å². The fraction of sp³-hybridized carbons (Fsp3) is 0.583. The Labute approximate surface area is 116 Å². The Morgan fingerprint density at radius 3 is 2.58 bits per heavy atom. The third kappa shape index (κ3) is 6.19. The molecule has 19 heavy (non-hydrogen) atoms. The molecule has 3 N–H and O–H groups in total. The summed E-state index contributed by atoms with van der Waals surface area (Å²) in [5.74, 6) is -1.06. The molecule has 0 saturated carbocycles. The number of aromatic carboxylic acids is 1. The second-order valence-corrected chi connectivity index (χ2v) is 6.29. The quantitative estimate of drug-likeness (QED) is 0.772. The zero-order chi connectivity index (χ0) is 14.5. The number of carboxylic acids is 1. The van der Waals surface area contributed by atoms with Gasteiger partial charge in [-0.3, -0.25) is 0 Å². The lowest BCUT2D eigenvalue weighted by molar-refractivity contribution is 0.0691. The third-order valence-corrected chi connectivity index (χ3v) is 3.18. The molecule has 2 amide bonds. The Hall–Kier alpha value is -1.63. The van der Waals surface area contributed by atoms with Crippen LogP contribution in [0.25, 0.3) is 0 Å². The van der Waals surface area contributed by atoms with Crippen molar-refractivity contribution in [3.05, 3.63) is 16.1 Å². The van der Waals surface area contributed by atoms with E-state index in [1.54, 1.807) is 0 Å². The lowest BCUT2D eigenvalue weighted by Gasteiger charge is -2.18. The maximum atomic E-state index is 11.5. The normalized spacial score (nSPS) is 11.1. The first kappa shape index (κ1) is 15.4. The number of carbonyl (C=O) groups is 2. The van der Waals surface area contributed by atoms with Gasteiger partial charge in [0.1, 0.15) is 5.01 Å². The first-order valence-corrected chi connectivity index (χ1v) is 6.85. The number of aromatic nitrogens is 1. The molecule has 0 saturated heterocycles. The van der Waals surface area contributed by atoms with Crippen molar-refractivity contribution in [2.75, 3.05) is 6.54 Å². The number of thiazole rings is 1. The standard InChI is InChI=1S/C12H19N3O3S/c1-12(2,3)4-5-13-11(18)14-6-9-15-8(7-19-9)10(16)17/h7H,4-6H2,1-3H3,(H,16,17)(H2,13,14,18). The molecule has 0 aromatic carbocycles. The van der Waals surface area contributed by atoms with E-state index in [1.165, 1.54) is 16.7 Å². The summed E-state index contributed by atoms with van der Waals surface area (Å²) in [7, 11) is 0. The van der Waals surface area contributed by atoms with Gasteiger partial charge in [0.15, 0.2) is 5.69 Å². The Morgan fingerprint density at radius 2 is 2.05 bits per heavy atom. The van der Waals surface area contributed by atoms with Crippen molar-refractivity contribution in [2.24, 2.45) is 5.41 Å². The number of nitrogens with zero attached hydrogens (tertiary/aromatic N) is 1. The number of urea groups is 1. The molecule has 1 rings (SSSR count). The first-order chi connectivity index (χ1) is 8.78. The first-order valence-electron chi connectivity index (χ1n) is 5.97. The summed E-state index contributed by atoms with van der Waals surface area (Å²) < 4.78 is 0. The Morgan fingerprint density at radius 1 is 1.37 bits per heavy atom. The Bertz CT molecular complexity index is 451. The van der Waals surface area contributed by atoms with Crippen LogP contribution in [0.2, 0.25) is 0 Å². The van der Waals surface area contributed by atoms with E-state index in [0.29, 0.717) is 11.6 Å². The topological polar surface area (TPSA) is 91.3 Å². The molecule has 0 fully saturated rings. The smallest absolute Gasteiger partial charge is 0.355 e. The Balaban J connectivity index is 2.28. The number of amides is 2. The maximum Gasteiger partial charge on any atom is 0.355 e. The van der Waals surface area contributed by atoms with E-state index in [-0.39, 0.29) is 23.7 Å². The van der Waals surface area contributed by atoms with Crippen LogP contribution in [-0.4, -0.2) is 28.6 Å². The van der Waals surface area contributed by atoms with Crippen LogP contribution in [0.5, 0.6) is 0 Å². The van der Waals surface area contributed by atoms with Crippen molar-refractivity contribution < 1.29 is 14.7 Å². The van der Waals surface area contributed by atoms with Gasteiger partial charge in [-0.25, -0.2) is 14.6 Å². The number of carbonyl (C=O) groups excluding carboxylic acids is 1. The minimum Gasteiger partial charge on any atom is -0.476 e. The van der Waals surface area contributed by atoms with Crippen molar-refractivity contribution in [3.63, 3.8) is 0 Å². The molecule has 0 radical (unpaired) electrons. The molecule has 1 aromatic rings. The maximum absolute atomic E-state index is 11.5. The van der Waals surface area contributed by atoms with Gasteiger partial charge in [0.05, 0.1) is 6.54 Å². The second kappa shape index (κ2) is 6.51. The molecule has 106 valence electrons. The van der Waals surface area contributed by atoms with E-state index < -0.39 is 5.97 Å². The second-order valence-electron chi connectivity index (χ2n) is 5.35. The zero-order valence-electron chi connectivity index (χ0n) is 11.3. The van der Waals surface area contributed by atoms with Crippen LogP contribution >= 0.6 is 11.3 Å². The summed E-state index contributed by atoms with van der Waals surface area (Å²) in [5.41, 5.74) is 0.189. The van der Waals surface area contributed by atoms with Gasteiger partial charge in [0.25, 0.3) is 0 Å². The van der Waals surface area contributed by atoms with Crippen LogP contribution in [0, 0.1) is 5.41 Å². The van der Waals surface area contributed by atoms with Gasteiger partial charge in [-0.15, -0.1) is 11.3 Å². The van der Waals surface area contributed by atoms with Crippen LogP contribution in [0.15, 0.2) is 5.38 Å². The molecule has 1 heterocycles. The molecule has 0 bridgehead atoms. The van der Waals surface area contributed by atoms with E-state index in [9.17, 15) is 9.59 Å². The van der Waals surface area contributed by atoms with Gasteiger partial charge in [-0.05, 0) is 11.8 Å². The van der Waals surface area contributed by atoms with Gasteiger partial charge >= 0.3 is 12.0 Å². The number of hydrogen-bond acceptors (Lipinski definition) is 4. The van der Waals surface area contributed by atoms with Crippen molar-refractivity contribution in [1.82, 2.24) is 15.6 Å². The van der Waals surface area contributed by atoms with Crippen molar-refractivity contribution in [2.45, 2.75) is 33.7 Å². The molecule has 0 unspecified atom stereocenters. The molecule has 7 heteroatoms. The fourth-order valence-electron chi connectivity index (χ4n) is 1.26. The molecule has 0 aliphatic carbocycles. The fourth-order valence-corrected chi connectivity index (χ4v) is 1.97. The molecule has 6 nitrogen and oxygen atoms in total. The van der Waals surface area contributed by atoms with Crippen molar-refractivity contribution >= 4 is 23.3 Å². The van der Waals surface area contributed by atoms with Crippen LogP contribution < -0.4 is 10.6 Å². The van der Waals surface area contributed by atoms with Gasteiger partial charge in [-0.2, -0.15) is 0 Å². The summed E-state index contributed by atoms with van der Waals surface area (Å²) in [6, 6.07) is -0.267. The molecule has 0 aliphatic heterocycles. The number of carboxylic acid groups (broad SMARTS) is 1. The van der Waals surface area contributed by atoms with Crippen LogP contribution in [-0.2, 0) is 6.54 Å². The summed E-state index contributed by atoms with van der Waals surface area (Å²) in [4.78, 5) is 26.0. The van der Waals surface area contributed by atoms with E-state index in [4.69, 9.17) is 5.11 Å². The van der Waals surface area contributed by atoms with Crippen LogP contribution in [0.1, 0.15) is 42.7 Å². The highest BCUT2D eigenvalue weighted by molar-refractivity contribution is 7.09. The third-order valence-electron chi connectivity index (χ3n) is 2.33. The lowest BCUT2D eigenvalue weighted by atomic mass is 9.92. The van der Waals surface area contributed by atoms with Gasteiger partial charge in [-0.1, -0.05) is 20.8 Å². The monoisotopic (exact) mass is 285 g/mol. The average molecular weight is 285 g/mol. The molecular weight excluding hydrogens is 266 g/mol. The van der Waals surface area contributed by atoms with E-state index in [1.807, 2.05) is 0 Å². The molecule has 0 aliphatic rings. The zero-order valence-corrected chi connectivity index (χ0v) is 12.1. The lowest BCUT2D eigenvalue weighted by Crippen LogP contribution is -2.36. The van der Waals surface area contributed by atoms with Crippen molar-refractivity contribution in [3.8, 4) is 0 Å². The van der Waals surface area contributed by atoms with E-state index in [0.717, 1.165) is 6.42 Å². The molecular formula is C12H19N3O3S.